The molecule has 0 radical (unpaired) electrons. The number of rotatable bonds is 3. The lowest BCUT2D eigenvalue weighted by Crippen LogP contribution is -2.43. The van der Waals surface area contributed by atoms with E-state index in [4.69, 9.17) is 10.7 Å². The molecule has 1 aromatic carbocycles. The molecule has 0 bridgehead atoms. The van der Waals surface area contributed by atoms with Gasteiger partial charge in [0, 0.05) is 29.4 Å². The van der Waals surface area contributed by atoms with Crippen LogP contribution in [0.2, 0.25) is 0 Å². The number of carbonyl (C=O) groups is 2. The smallest absolute Gasteiger partial charge is 0.204 e. The Morgan fingerprint density at radius 2 is 1.78 bits per heavy atom. The molecular formula is C26H22BrN7O2. The Hall–Kier alpha value is -3.79. The molecule has 0 amide bonds. The van der Waals surface area contributed by atoms with Crippen LogP contribution >= 0.6 is 15.9 Å². The molecule has 10 heteroatoms. The summed E-state index contributed by atoms with van der Waals surface area (Å²) < 4.78 is 0.943. The summed E-state index contributed by atoms with van der Waals surface area (Å²) >= 11 is 3.54. The number of hydrogen-bond donors (Lipinski definition) is 1. The second kappa shape index (κ2) is 8.70. The number of carbonyl (C=O) groups excluding carboxylic acids is 2. The first-order chi connectivity index (χ1) is 17.4. The lowest BCUT2D eigenvalue weighted by molar-refractivity contribution is -0.139. The number of aromatic nitrogens is 5. The molecule has 2 aliphatic rings. The molecule has 1 spiro atoms. The van der Waals surface area contributed by atoms with E-state index in [1.54, 1.807) is 0 Å². The van der Waals surface area contributed by atoms with Crippen molar-refractivity contribution in [3.8, 4) is 22.5 Å². The van der Waals surface area contributed by atoms with Gasteiger partial charge in [-0.1, -0.05) is 28.1 Å². The highest BCUT2D eigenvalue weighted by Gasteiger charge is 2.48. The molecule has 36 heavy (non-hydrogen) atoms. The van der Waals surface area contributed by atoms with E-state index >= 15 is 0 Å². The molecule has 3 aromatic heterocycles. The predicted molar refractivity (Wildman–Crippen MR) is 139 cm³/mol. The summed E-state index contributed by atoms with van der Waals surface area (Å²) in [5.74, 6) is 0.701. The number of nitrogens with zero attached hydrogens (tertiary/aromatic N) is 6. The Morgan fingerprint density at radius 1 is 0.944 bits per heavy atom. The zero-order valence-corrected chi connectivity index (χ0v) is 20.9. The average Bonchev–Trinajstić information content (AvgIpc) is 3.17. The van der Waals surface area contributed by atoms with E-state index in [2.05, 4.69) is 41.0 Å². The highest BCUT2D eigenvalue weighted by molar-refractivity contribution is 9.10. The van der Waals surface area contributed by atoms with Crippen molar-refractivity contribution in [2.45, 2.75) is 25.7 Å². The first kappa shape index (κ1) is 22.7. The molecule has 1 aliphatic carbocycles. The Morgan fingerprint density at radius 3 is 2.47 bits per heavy atom. The number of fused-ring (bicyclic) bond motifs is 1. The minimum Gasteiger partial charge on any atom is -0.383 e. The molecule has 0 unspecified atom stereocenters. The van der Waals surface area contributed by atoms with Crippen molar-refractivity contribution in [2.75, 3.05) is 23.7 Å². The van der Waals surface area contributed by atoms with Crippen LogP contribution in [0.15, 0.2) is 53.3 Å². The summed E-state index contributed by atoms with van der Waals surface area (Å²) in [4.78, 5) is 39.5. The molecule has 180 valence electrons. The number of halogens is 1. The fourth-order valence-electron chi connectivity index (χ4n) is 5.25. The van der Waals surface area contributed by atoms with Gasteiger partial charge in [-0.3, -0.25) is 9.59 Å². The van der Waals surface area contributed by atoms with Crippen molar-refractivity contribution in [2.24, 2.45) is 5.41 Å². The van der Waals surface area contributed by atoms with Crippen LogP contribution in [0.3, 0.4) is 0 Å². The molecule has 1 saturated carbocycles. The first-order valence-corrected chi connectivity index (χ1v) is 12.6. The maximum Gasteiger partial charge on any atom is 0.204 e. The van der Waals surface area contributed by atoms with Gasteiger partial charge in [-0.15, -0.1) is 10.2 Å². The van der Waals surface area contributed by atoms with E-state index in [0.717, 1.165) is 21.4 Å². The number of nitrogens with two attached hydrogens (primary N) is 1. The Balaban J connectivity index is 1.31. The number of anilines is 2. The maximum absolute atomic E-state index is 12.4. The highest BCUT2D eigenvalue weighted by Crippen LogP contribution is 2.43. The van der Waals surface area contributed by atoms with Gasteiger partial charge in [-0.25, -0.2) is 15.0 Å². The van der Waals surface area contributed by atoms with Gasteiger partial charge in [0.25, 0.3) is 0 Å². The number of benzene rings is 1. The summed E-state index contributed by atoms with van der Waals surface area (Å²) in [6.07, 6.45) is 3.80. The average molecular weight is 544 g/mol. The molecule has 1 saturated heterocycles. The zero-order chi connectivity index (χ0) is 24.9. The predicted octanol–water partition coefficient (Wildman–Crippen LogP) is 4.01. The minimum absolute atomic E-state index is 0.184. The van der Waals surface area contributed by atoms with Gasteiger partial charge in [0.05, 0.1) is 11.1 Å². The number of pyridine rings is 1. The van der Waals surface area contributed by atoms with Crippen LogP contribution in [0, 0.1) is 5.41 Å². The van der Waals surface area contributed by atoms with Gasteiger partial charge in [0.2, 0.25) is 5.78 Å². The van der Waals surface area contributed by atoms with Gasteiger partial charge < -0.3 is 10.6 Å². The van der Waals surface area contributed by atoms with Gasteiger partial charge in [-0.05, 0) is 60.7 Å². The summed E-state index contributed by atoms with van der Waals surface area (Å²) in [6, 6.07) is 13.7. The molecule has 2 N–H and O–H groups in total. The Labute approximate surface area is 215 Å². The second-order valence-electron chi connectivity index (χ2n) is 9.32. The van der Waals surface area contributed by atoms with Crippen LogP contribution in [0.4, 0.5) is 11.6 Å². The Bertz CT molecular complexity index is 1520. The molecule has 4 heterocycles. The normalized spacial score (nSPS) is 17.3. The molecule has 6 rings (SSSR count). The van der Waals surface area contributed by atoms with Gasteiger partial charge in [0.15, 0.2) is 17.2 Å². The zero-order valence-electron chi connectivity index (χ0n) is 19.3. The first-order valence-electron chi connectivity index (χ1n) is 11.8. The van der Waals surface area contributed by atoms with Crippen LogP contribution in [0.5, 0.6) is 0 Å². The van der Waals surface area contributed by atoms with Gasteiger partial charge in [-0.2, -0.15) is 0 Å². The van der Waals surface area contributed by atoms with Crippen LogP contribution in [0.1, 0.15) is 25.7 Å². The molecule has 9 nitrogen and oxygen atoms in total. The van der Waals surface area contributed by atoms with Crippen molar-refractivity contribution in [1.82, 2.24) is 25.1 Å². The summed E-state index contributed by atoms with van der Waals surface area (Å²) in [5, 5.41) is 9.61. The second-order valence-corrected chi connectivity index (χ2v) is 10.2. The van der Waals surface area contributed by atoms with E-state index in [0.29, 0.717) is 67.0 Å². The molecule has 1 aliphatic heterocycles. The summed E-state index contributed by atoms with van der Waals surface area (Å²) in [6.45, 7) is 1.34. The third-order valence-corrected chi connectivity index (χ3v) is 7.79. The van der Waals surface area contributed by atoms with E-state index in [-0.39, 0.29) is 11.6 Å². The number of ketones is 2. The number of Topliss-reactive ketones (excluding diaryl/α,β-unsaturated/α-hetero) is 2. The van der Waals surface area contributed by atoms with Crippen LogP contribution in [-0.2, 0) is 9.59 Å². The topological polar surface area (TPSA) is 128 Å². The molecule has 0 atom stereocenters. The third-order valence-electron chi connectivity index (χ3n) is 7.29. The van der Waals surface area contributed by atoms with Crippen molar-refractivity contribution < 1.29 is 9.59 Å². The largest absolute Gasteiger partial charge is 0.383 e. The molecular weight excluding hydrogens is 522 g/mol. The lowest BCUT2D eigenvalue weighted by atomic mass is 9.76. The van der Waals surface area contributed by atoms with Crippen LogP contribution in [-0.4, -0.2) is 49.8 Å². The van der Waals surface area contributed by atoms with E-state index in [1.807, 2.05) is 42.5 Å². The number of nitrogen functional groups attached to an aromatic ring is 1. The standard InChI is InChI=1S/C26H22BrN7O2/c27-16-3-1-2-15(12-16)17-13-19(31-25-22(17)24(28)29-14-30-25)18-4-5-21(33-32-18)34-10-8-26(9-11-34)7-6-20(35)23(26)36/h1-5,12-14H,6-11H2,(H2,28,29,30,31). The van der Waals surface area contributed by atoms with Crippen molar-refractivity contribution >= 4 is 50.2 Å². The SMILES string of the molecule is Nc1ncnc2nc(-c3ccc(N4CCC5(CCC(=O)C5=O)CC4)nn3)cc(-c3cccc(Br)c3)c12. The third kappa shape index (κ3) is 3.81. The monoisotopic (exact) mass is 543 g/mol. The highest BCUT2D eigenvalue weighted by atomic mass is 79.9. The lowest BCUT2D eigenvalue weighted by Gasteiger charge is -2.37. The van der Waals surface area contributed by atoms with Gasteiger partial charge in [0.1, 0.15) is 17.8 Å². The van der Waals surface area contributed by atoms with E-state index < -0.39 is 5.41 Å². The van der Waals surface area contributed by atoms with Crippen molar-refractivity contribution in [3.05, 3.63) is 53.3 Å². The molecule has 4 aromatic rings. The fourth-order valence-corrected chi connectivity index (χ4v) is 5.65. The minimum atomic E-state index is -0.470. The fraction of sp³-hybridized carbons (Fsp3) is 0.269. The van der Waals surface area contributed by atoms with Crippen LogP contribution < -0.4 is 10.6 Å². The van der Waals surface area contributed by atoms with Crippen molar-refractivity contribution in [3.63, 3.8) is 0 Å². The summed E-state index contributed by atoms with van der Waals surface area (Å²) in [5.41, 5.74) is 9.27. The summed E-state index contributed by atoms with van der Waals surface area (Å²) in [7, 11) is 0. The number of hydrogen-bond acceptors (Lipinski definition) is 9. The van der Waals surface area contributed by atoms with Crippen molar-refractivity contribution in [1.29, 1.82) is 0 Å². The van der Waals surface area contributed by atoms with Gasteiger partial charge >= 0.3 is 0 Å². The van der Waals surface area contributed by atoms with E-state index in [9.17, 15) is 9.59 Å². The number of piperidine rings is 1. The quantitative estimate of drug-likeness (QED) is 0.381. The molecule has 2 fully saturated rings. The Kier molecular flexibility index (Phi) is 5.48. The maximum atomic E-state index is 12.4. The van der Waals surface area contributed by atoms with E-state index in [1.165, 1.54) is 6.33 Å². The van der Waals surface area contributed by atoms with Crippen LogP contribution in [0.25, 0.3) is 33.5 Å².